The molecule has 0 amide bonds. The van der Waals surface area contributed by atoms with Gasteiger partial charge in [-0.3, -0.25) is 0 Å². The van der Waals surface area contributed by atoms with Gasteiger partial charge in [-0.1, -0.05) is 26.7 Å². The summed E-state index contributed by atoms with van der Waals surface area (Å²) < 4.78 is 0. The number of piperidine rings is 1. The molecule has 1 heterocycles. The predicted molar refractivity (Wildman–Crippen MR) is 80.0 cm³/mol. The number of rotatable bonds is 3. The summed E-state index contributed by atoms with van der Waals surface area (Å²) in [7, 11) is 0. The van der Waals surface area contributed by atoms with Gasteiger partial charge in [0.25, 0.3) is 0 Å². The molecule has 1 fully saturated rings. The van der Waals surface area contributed by atoms with E-state index in [0.717, 1.165) is 18.8 Å². The average molecular weight is 257 g/mol. The van der Waals surface area contributed by atoms with Crippen molar-refractivity contribution >= 4 is 11.4 Å². The van der Waals surface area contributed by atoms with Crippen molar-refractivity contribution in [3.8, 4) is 6.07 Å². The van der Waals surface area contributed by atoms with E-state index in [0.29, 0.717) is 16.7 Å². The normalized spacial score (nSPS) is 18.1. The lowest BCUT2D eigenvalue weighted by atomic mass is 9.74. The van der Waals surface area contributed by atoms with Crippen molar-refractivity contribution in [2.24, 2.45) is 5.41 Å². The number of hydrogen-bond acceptors (Lipinski definition) is 3. The van der Waals surface area contributed by atoms with Crippen LogP contribution >= 0.6 is 0 Å². The molecule has 0 atom stereocenters. The van der Waals surface area contributed by atoms with Crippen LogP contribution in [0.15, 0.2) is 18.2 Å². The summed E-state index contributed by atoms with van der Waals surface area (Å²) in [5.41, 5.74) is 8.73. The van der Waals surface area contributed by atoms with Crippen molar-refractivity contribution in [1.82, 2.24) is 0 Å². The van der Waals surface area contributed by atoms with Gasteiger partial charge in [0.05, 0.1) is 11.3 Å². The highest BCUT2D eigenvalue weighted by Gasteiger charge is 2.31. The van der Waals surface area contributed by atoms with Gasteiger partial charge in [0.2, 0.25) is 0 Å². The fraction of sp³-hybridized carbons (Fsp3) is 0.562. The molecule has 0 aromatic heterocycles. The summed E-state index contributed by atoms with van der Waals surface area (Å²) in [6.45, 7) is 6.79. The fourth-order valence-corrected chi connectivity index (χ4v) is 3.05. The molecule has 1 aromatic carbocycles. The Bertz CT molecular complexity index is 473. The van der Waals surface area contributed by atoms with Crippen LogP contribution in [0.4, 0.5) is 11.4 Å². The van der Waals surface area contributed by atoms with Gasteiger partial charge >= 0.3 is 0 Å². The molecule has 19 heavy (non-hydrogen) atoms. The van der Waals surface area contributed by atoms with Gasteiger partial charge in [-0.25, -0.2) is 0 Å². The molecule has 1 aromatic rings. The summed E-state index contributed by atoms with van der Waals surface area (Å²) in [5, 5.41) is 8.91. The van der Waals surface area contributed by atoms with Crippen LogP contribution in [0.5, 0.6) is 0 Å². The molecule has 3 heteroatoms. The largest absolute Gasteiger partial charge is 0.398 e. The van der Waals surface area contributed by atoms with Crippen LogP contribution in [0, 0.1) is 16.7 Å². The van der Waals surface area contributed by atoms with Crippen LogP contribution in [0.2, 0.25) is 0 Å². The van der Waals surface area contributed by atoms with Crippen LogP contribution in [0.3, 0.4) is 0 Å². The average Bonchev–Trinajstić information content (AvgIpc) is 2.47. The Morgan fingerprint density at radius 3 is 2.37 bits per heavy atom. The third-order valence-corrected chi connectivity index (χ3v) is 4.84. The molecule has 3 nitrogen and oxygen atoms in total. The Morgan fingerprint density at radius 2 is 1.89 bits per heavy atom. The number of nitrogen functional groups attached to an aromatic ring is 1. The lowest BCUT2D eigenvalue weighted by Crippen LogP contribution is -2.39. The van der Waals surface area contributed by atoms with Gasteiger partial charge in [-0.05, 0) is 36.5 Å². The minimum absolute atomic E-state index is 0.536. The van der Waals surface area contributed by atoms with E-state index in [2.05, 4.69) is 24.8 Å². The Morgan fingerprint density at radius 1 is 1.26 bits per heavy atom. The van der Waals surface area contributed by atoms with E-state index < -0.39 is 0 Å². The molecule has 0 bridgehead atoms. The number of nitrogens with two attached hydrogens (primary N) is 1. The van der Waals surface area contributed by atoms with Crippen LogP contribution in [0.25, 0.3) is 0 Å². The molecule has 0 unspecified atom stereocenters. The topological polar surface area (TPSA) is 53.0 Å². The standard InChI is InChI=1S/C16H23N3/c1-3-16(4-2)7-9-19(10-8-16)14-6-5-13(12-17)15(18)11-14/h5-6,11H,3-4,7-10,18H2,1-2H3. The van der Waals surface area contributed by atoms with Gasteiger partial charge in [0.15, 0.2) is 0 Å². The van der Waals surface area contributed by atoms with E-state index >= 15 is 0 Å². The Labute approximate surface area is 116 Å². The third-order valence-electron chi connectivity index (χ3n) is 4.84. The molecule has 0 radical (unpaired) electrons. The van der Waals surface area contributed by atoms with Crippen molar-refractivity contribution in [3.05, 3.63) is 23.8 Å². The summed E-state index contributed by atoms with van der Waals surface area (Å²) in [6.07, 6.45) is 5.04. The van der Waals surface area contributed by atoms with Crippen LogP contribution in [0.1, 0.15) is 45.1 Å². The zero-order valence-electron chi connectivity index (χ0n) is 11.9. The minimum atomic E-state index is 0.536. The summed E-state index contributed by atoms with van der Waals surface area (Å²) >= 11 is 0. The molecular formula is C16H23N3. The first-order valence-corrected chi connectivity index (χ1v) is 7.18. The van der Waals surface area contributed by atoms with Crippen molar-refractivity contribution < 1.29 is 0 Å². The molecule has 1 aliphatic rings. The zero-order valence-corrected chi connectivity index (χ0v) is 11.9. The highest BCUT2D eigenvalue weighted by Crippen LogP contribution is 2.39. The second-order valence-electron chi connectivity index (χ2n) is 5.58. The Balaban J connectivity index is 2.10. The maximum atomic E-state index is 8.91. The number of benzene rings is 1. The molecule has 102 valence electrons. The molecule has 1 aliphatic heterocycles. The fourth-order valence-electron chi connectivity index (χ4n) is 3.05. The molecule has 1 saturated heterocycles. The lowest BCUT2D eigenvalue weighted by Gasteiger charge is -2.42. The molecule has 2 rings (SSSR count). The van der Waals surface area contributed by atoms with Crippen molar-refractivity contribution in [2.45, 2.75) is 39.5 Å². The number of anilines is 2. The Hall–Kier alpha value is -1.69. The second kappa shape index (κ2) is 5.52. The minimum Gasteiger partial charge on any atom is -0.398 e. The maximum absolute atomic E-state index is 8.91. The van der Waals surface area contributed by atoms with E-state index in [1.54, 1.807) is 0 Å². The van der Waals surface area contributed by atoms with Gasteiger partial charge in [-0.2, -0.15) is 5.26 Å². The maximum Gasteiger partial charge on any atom is 0.101 e. The van der Waals surface area contributed by atoms with Crippen molar-refractivity contribution in [1.29, 1.82) is 5.26 Å². The van der Waals surface area contributed by atoms with E-state index in [-0.39, 0.29) is 0 Å². The third kappa shape index (κ3) is 2.68. The van der Waals surface area contributed by atoms with E-state index in [1.165, 1.54) is 25.7 Å². The van der Waals surface area contributed by atoms with Gasteiger partial charge in [-0.15, -0.1) is 0 Å². The highest BCUT2D eigenvalue weighted by molar-refractivity contribution is 5.63. The highest BCUT2D eigenvalue weighted by atomic mass is 15.1. The van der Waals surface area contributed by atoms with Gasteiger partial charge in [0.1, 0.15) is 6.07 Å². The zero-order chi connectivity index (χ0) is 13.9. The van der Waals surface area contributed by atoms with E-state index in [4.69, 9.17) is 11.0 Å². The SMILES string of the molecule is CCC1(CC)CCN(c2ccc(C#N)c(N)c2)CC1. The van der Waals surface area contributed by atoms with Gasteiger partial charge in [0, 0.05) is 18.8 Å². The number of hydrogen-bond donors (Lipinski definition) is 1. The molecular weight excluding hydrogens is 234 g/mol. The number of nitriles is 1. The lowest BCUT2D eigenvalue weighted by molar-refractivity contribution is 0.199. The monoisotopic (exact) mass is 257 g/mol. The first-order valence-electron chi connectivity index (χ1n) is 7.18. The molecule has 2 N–H and O–H groups in total. The number of nitrogens with zero attached hydrogens (tertiary/aromatic N) is 2. The van der Waals surface area contributed by atoms with Crippen LogP contribution in [-0.4, -0.2) is 13.1 Å². The van der Waals surface area contributed by atoms with E-state index in [1.807, 2.05) is 18.2 Å². The molecule has 0 aliphatic carbocycles. The van der Waals surface area contributed by atoms with E-state index in [9.17, 15) is 0 Å². The first kappa shape index (κ1) is 13.7. The van der Waals surface area contributed by atoms with Gasteiger partial charge < -0.3 is 10.6 Å². The summed E-state index contributed by atoms with van der Waals surface area (Å²) in [6, 6.07) is 7.89. The van der Waals surface area contributed by atoms with Crippen molar-refractivity contribution in [2.75, 3.05) is 23.7 Å². The Kier molecular flexibility index (Phi) is 3.99. The van der Waals surface area contributed by atoms with Crippen LogP contribution in [-0.2, 0) is 0 Å². The van der Waals surface area contributed by atoms with Crippen molar-refractivity contribution in [3.63, 3.8) is 0 Å². The first-order chi connectivity index (χ1) is 9.14. The second-order valence-corrected chi connectivity index (χ2v) is 5.58. The smallest absolute Gasteiger partial charge is 0.101 e. The summed E-state index contributed by atoms with van der Waals surface area (Å²) in [5.74, 6) is 0. The van der Waals surface area contributed by atoms with Crippen LogP contribution < -0.4 is 10.6 Å². The molecule has 0 saturated carbocycles. The quantitative estimate of drug-likeness (QED) is 0.842. The summed E-state index contributed by atoms with van der Waals surface area (Å²) in [4.78, 5) is 2.39. The molecule has 0 spiro atoms. The predicted octanol–water partition coefficient (Wildman–Crippen LogP) is 3.55.